The Labute approximate surface area is 210 Å². The lowest BCUT2D eigenvalue weighted by molar-refractivity contribution is -0.197. The predicted octanol–water partition coefficient (Wildman–Crippen LogP) is 6.30. The lowest BCUT2D eigenvalue weighted by Crippen LogP contribution is -2.59. The molecule has 4 aliphatic rings. The van der Waals surface area contributed by atoms with Gasteiger partial charge in [-0.25, -0.2) is 0 Å². The van der Waals surface area contributed by atoms with Crippen LogP contribution >= 0.6 is 11.6 Å². The van der Waals surface area contributed by atoms with Crippen LogP contribution in [0.25, 0.3) is 0 Å². The van der Waals surface area contributed by atoms with Crippen LogP contribution < -0.4 is 0 Å². The zero-order valence-electron chi connectivity index (χ0n) is 21.6. The third-order valence-electron chi connectivity index (χ3n) is 10.8. The quantitative estimate of drug-likeness (QED) is 0.320. The fourth-order valence-electron chi connectivity index (χ4n) is 9.35. The molecule has 0 aromatic carbocycles. The Morgan fingerprint density at radius 2 is 1.56 bits per heavy atom. The Balaban J connectivity index is 1.59. The van der Waals surface area contributed by atoms with Gasteiger partial charge in [-0.2, -0.15) is 0 Å². The number of hydrogen-bond donors (Lipinski definition) is 0. The minimum atomic E-state index is -0.235. The number of esters is 2. The number of halogens is 1. The molecule has 0 heterocycles. The van der Waals surface area contributed by atoms with E-state index in [0.29, 0.717) is 41.9 Å². The highest BCUT2D eigenvalue weighted by molar-refractivity contribution is 6.63. The molecule has 4 aliphatic carbocycles. The van der Waals surface area contributed by atoms with E-state index in [1.54, 1.807) is 0 Å². The van der Waals surface area contributed by atoms with E-state index in [-0.39, 0.29) is 40.2 Å². The van der Waals surface area contributed by atoms with E-state index < -0.39 is 0 Å². The largest absolute Gasteiger partial charge is 0.463 e. The van der Waals surface area contributed by atoms with E-state index in [9.17, 15) is 14.4 Å². The summed E-state index contributed by atoms with van der Waals surface area (Å²) in [6, 6.07) is 0. The first-order valence-corrected chi connectivity index (χ1v) is 13.9. The Morgan fingerprint density at radius 3 is 2.21 bits per heavy atom. The van der Waals surface area contributed by atoms with Gasteiger partial charge in [-0.1, -0.05) is 20.8 Å². The van der Waals surface area contributed by atoms with Gasteiger partial charge in [-0.05, 0) is 110 Å². The minimum absolute atomic E-state index is 0.0136. The Morgan fingerprint density at radius 1 is 0.912 bits per heavy atom. The summed E-state index contributed by atoms with van der Waals surface area (Å²) >= 11 is 5.66. The van der Waals surface area contributed by atoms with Crippen LogP contribution in [0.5, 0.6) is 0 Å². The molecule has 6 heteroatoms. The molecule has 0 bridgehead atoms. The maximum absolute atomic E-state index is 12.2. The Bertz CT molecular complexity index is 813. The van der Waals surface area contributed by atoms with Crippen LogP contribution in [-0.2, 0) is 23.9 Å². The summed E-state index contributed by atoms with van der Waals surface area (Å²) in [7, 11) is 0. The van der Waals surface area contributed by atoms with Gasteiger partial charge in [0.2, 0.25) is 5.24 Å². The first-order valence-electron chi connectivity index (χ1n) is 13.5. The van der Waals surface area contributed by atoms with E-state index in [2.05, 4.69) is 20.8 Å². The summed E-state index contributed by atoms with van der Waals surface area (Å²) < 4.78 is 11.7. The molecule has 4 rings (SSSR count). The monoisotopic (exact) mass is 494 g/mol. The summed E-state index contributed by atoms with van der Waals surface area (Å²) in [6.45, 7) is 10.3. The van der Waals surface area contributed by atoms with Crippen molar-refractivity contribution in [2.24, 2.45) is 46.3 Å². The number of carbonyl (C=O) groups excluding carboxylic acids is 3. The van der Waals surface area contributed by atoms with Crippen molar-refractivity contribution in [3.8, 4) is 0 Å². The van der Waals surface area contributed by atoms with E-state index in [0.717, 1.165) is 32.1 Å². The Hall–Kier alpha value is -1.10. The van der Waals surface area contributed by atoms with Gasteiger partial charge < -0.3 is 9.47 Å². The third-order valence-corrected chi connectivity index (χ3v) is 11.0. The second kappa shape index (κ2) is 9.75. The normalized spacial score (nSPS) is 44.2. The van der Waals surface area contributed by atoms with Crippen molar-refractivity contribution in [2.75, 3.05) is 0 Å². The molecule has 10 atom stereocenters. The molecule has 4 fully saturated rings. The summed E-state index contributed by atoms with van der Waals surface area (Å²) in [5.41, 5.74) is 0.417. The topological polar surface area (TPSA) is 69.7 Å². The number of hydrogen-bond acceptors (Lipinski definition) is 5. The first kappa shape index (κ1) is 26.0. The van der Waals surface area contributed by atoms with Gasteiger partial charge in [0.1, 0.15) is 12.2 Å². The number of carbonyl (C=O) groups is 3. The maximum Gasteiger partial charge on any atom is 0.302 e. The lowest BCUT2D eigenvalue weighted by Gasteiger charge is -2.62. The van der Waals surface area contributed by atoms with Gasteiger partial charge in [-0.15, -0.1) is 0 Å². The van der Waals surface area contributed by atoms with E-state index >= 15 is 0 Å². The van der Waals surface area contributed by atoms with Gasteiger partial charge in [0.05, 0.1) is 0 Å². The number of fused-ring (bicyclic) bond motifs is 5. The molecule has 0 saturated heterocycles. The summed E-state index contributed by atoms with van der Waals surface area (Å²) in [6.07, 6.45) is 9.73. The minimum Gasteiger partial charge on any atom is -0.463 e. The smallest absolute Gasteiger partial charge is 0.302 e. The predicted molar refractivity (Wildman–Crippen MR) is 131 cm³/mol. The van der Waals surface area contributed by atoms with Crippen LogP contribution in [0.1, 0.15) is 98.8 Å². The van der Waals surface area contributed by atoms with Crippen molar-refractivity contribution < 1.29 is 23.9 Å². The van der Waals surface area contributed by atoms with Crippen LogP contribution in [0.3, 0.4) is 0 Å². The van der Waals surface area contributed by atoms with Crippen LogP contribution in [0.2, 0.25) is 0 Å². The number of rotatable bonds is 6. The fourth-order valence-corrected chi connectivity index (χ4v) is 9.46. The van der Waals surface area contributed by atoms with E-state index in [4.69, 9.17) is 21.1 Å². The van der Waals surface area contributed by atoms with Crippen molar-refractivity contribution >= 4 is 28.8 Å². The van der Waals surface area contributed by atoms with Crippen molar-refractivity contribution in [3.05, 3.63) is 0 Å². The van der Waals surface area contributed by atoms with Crippen LogP contribution in [0, 0.1) is 46.3 Å². The van der Waals surface area contributed by atoms with E-state index in [1.165, 1.54) is 39.5 Å². The lowest BCUT2D eigenvalue weighted by atomic mass is 9.43. The molecule has 0 spiro atoms. The molecule has 0 aromatic rings. The average molecular weight is 495 g/mol. The van der Waals surface area contributed by atoms with Gasteiger partial charge >= 0.3 is 11.9 Å². The highest BCUT2D eigenvalue weighted by Crippen LogP contribution is 2.68. The van der Waals surface area contributed by atoms with Crippen LogP contribution in [-0.4, -0.2) is 29.4 Å². The summed E-state index contributed by atoms with van der Waals surface area (Å²) in [5, 5.41) is -0.235. The maximum atomic E-state index is 12.2. The van der Waals surface area contributed by atoms with Gasteiger partial charge in [0.15, 0.2) is 0 Å². The molecule has 192 valence electrons. The van der Waals surface area contributed by atoms with Crippen LogP contribution in [0.15, 0.2) is 0 Å². The third kappa shape index (κ3) is 4.67. The fraction of sp³-hybridized carbons (Fsp3) is 0.893. The summed E-state index contributed by atoms with van der Waals surface area (Å²) in [5.74, 6) is 2.53. The van der Waals surface area contributed by atoms with Gasteiger partial charge in [0, 0.05) is 26.2 Å². The van der Waals surface area contributed by atoms with Crippen LogP contribution in [0.4, 0.5) is 0 Å². The van der Waals surface area contributed by atoms with E-state index in [1.807, 2.05) is 0 Å². The SMILES string of the molecule is CC(=O)O[C@@H]1CC[C@@]2(C)[C@@H](C1)C[C@@H](OC(C)=O)[C@@H]1[C@@H]2CC[C@]2(C)[C@@H]([C@H](C)CCC(=O)Cl)CC[C@@H]12. The van der Waals surface area contributed by atoms with Gasteiger partial charge in [0.25, 0.3) is 0 Å². The summed E-state index contributed by atoms with van der Waals surface area (Å²) in [4.78, 5) is 35.2. The molecule has 0 aromatic heterocycles. The van der Waals surface area contributed by atoms with Crippen molar-refractivity contribution in [1.29, 1.82) is 0 Å². The molecule has 5 nitrogen and oxygen atoms in total. The Kier molecular flexibility index (Phi) is 7.45. The molecular formula is C28H43ClO5. The molecular weight excluding hydrogens is 452 g/mol. The number of ether oxygens (including phenoxy) is 2. The van der Waals surface area contributed by atoms with Crippen molar-refractivity contribution in [3.63, 3.8) is 0 Å². The van der Waals surface area contributed by atoms with Crippen molar-refractivity contribution in [2.45, 2.75) is 111 Å². The second-order valence-electron chi connectivity index (χ2n) is 12.5. The molecule has 4 saturated carbocycles. The average Bonchev–Trinajstić information content (AvgIpc) is 3.09. The van der Waals surface area contributed by atoms with Gasteiger partial charge in [-0.3, -0.25) is 14.4 Å². The zero-order valence-corrected chi connectivity index (χ0v) is 22.4. The zero-order chi connectivity index (χ0) is 24.8. The molecule has 0 amide bonds. The highest BCUT2D eigenvalue weighted by atomic mass is 35.5. The first-order chi connectivity index (χ1) is 16.0. The standard InChI is InChI=1S/C28H43ClO5/c1-16(6-9-25(29)32)21-7-8-22-26-23(11-13-28(21,22)5)27(4)12-10-20(33-17(2)30)14-19(27)15-24(26)34-18(3)31/h16,19-24,26H,6-15H2,1-5H3/t16-,19+,20-,21-,22+,23+,24-,26+,27+,28-/m1/s1. The molecule has 0 unspecified atom stereocenters. The molecule has 0 radical (unpaired) electrons. The molecule has 0 aliphatic heterocycles. The van der Waals surface area contributed by atoms with Crippen molar-refractivity contribution in [1.82, 2.24) is 0 Å². The highest BCUT2D eigenvalue weighted by Gasteiger charge is 2.63. The molecule has 0 N–H and O–H groups in total. The second-order valence-corrected chi connectivity index (χ2v) is 12.9. The molecule has 34 heavy (non-hydrogen) atoms.